The van der Waals surface area contributed by atoms with Gasteiger partial charge in [0, 0.05) is 25.0 Å². The quantitative estimate of drug-likeness (QED) is 0.495. The molecule has 182 valence electrons. The second-order valence-electron chi connectivity index (χ2n) is 8.65. The Morgan fingerprint density at radius 1 is 1.15 bits per heavy atom. The number of anilines is 2. The van der Waals surface area contributed by atoms with Crippen LogP contribution >= 0.6 is 0 Å². The first-order valence-corrected chi connectivity index (χ1v) is 11.7. The zero-order valence-electron chi connectivity index (χ0n) is 20.1. The van der Waals surface area contributed by atoms with Crippen molar-refractivity contribution in [1.29, 1.82) is 0 Å². The normalized spacial score (nSPS) is 11.3. The highest BCUT2D eigenvalue weighted by atomic mass is 16.2. The Labute approximate surface area is 197 Å². The number of rotatable bonds is 9. The smallest absolute Gasteiger partial charge is 0.330 e. The molecule has 0 unspecified atom stereocenters. The van der Waals surface area contributed by atoms with Crippen LogP contribution in [0.25, 0.3) is 10.8 Å². The minimum Gasteiger partial charge on any atom is -0.383 e. The van der Waals surface area contributed by atoms with Crippen molar-refractivity contribution in [3.05, 3.63) is 61.2 Å². The number of hydrogen-bond donors (Lipinski definition) is 2. The summed E-state index contributed by atoms with van der Waals surface area (Å²) in [6, 6.07) is 6.75. The number of carbonyl (C=O) groups excluding carboxylic acids is 1. The molecule has 0 saturated heterocycles. The molecule has 1 aromatic carbocycles. The summed E-state index contributed by atoms with van der Waals surface area (Å²) in [7, 11) is 0. The van der Waals surface area contributed by atoms with Gasteiger partial charge in [-0.25, -0.2) is 9.48 Å². The van der Waals surface area contributed by atoms with E-state index in [2.05, 4.69) is 10.1 Å². The van der Waals surface area contributed by atoms with Gasteiger partial charge in [-0.3, -0.25) is 28.8 Å². The van der Waals surface area contributed by atoms with Gasteiger partial charge in [0.1, 0.15) is 5.82 Å². The number of aromatic nitrogens is 4. The highest BCUT2D eigenvalue weighted by Crippen LogP contribution is 2.23. The minimum absolute atomic E-state index is 0.0471. The van der Waals surface area contributed by atoms with Gasteiger partial charge in [0.05, 0.1) is 5.39 Å². The summed E-state index contributed by atoms with van der Waals surface area (Å²) in [6.45, 7) is 8.54. The monoisotopic (exact) mass is 468 g/mol. The molecule has 2 heterocycles. The minimum atomic E-state index is -0.736. The van der Waals surface area contributed by atoms with Gasteiger partial charge < -0.3 is 5.73 Å². The molecular formula is C24H32N6O4. The van der Waals surface area contributed by atoms with Gasteiger partial charge in [-0.05, 0) is 31.7 Å². The Morgan fingerprint density at radius 3 is 2.44 bits per heavy atom. The van der Waals surface area contributed by atoms with Crippen LogP contribution in [0.15, 0.2) is 38.6 Å². The molecule has 3 rings (SSSR count). The molecular weight excluding hydrogens is 436 g/mol. The van der Waals surface area contributed by atoms with Crippen molar-refractivity contribution >= 4 is 28.2 Å². The predicted octanol–water partition coefficient (Wildman–Crippen LogP) is 2.34. The Bertz CT molecular complexity index is 1370. The highest BCUT2D eigenvalue weighted by Gasteiger charge is 2.28. The maximum Gasteiger partial charge on any atom is 0.330 e. The van der Waals surface area contributed by atoms with E-state index in [4.69, 9.17) is 5.73 Å². The number of aryl methyl sites for hydroxylation is 1. The zero-order chi connectivity index (χ0) is 25.0. The molecule has 10 nitrogen and oxygen atoms in total. The number of H-pyrrole nitrogens is 1. The number of hydrogen-bond acceptors (Lipinski definition) is 6. The fraction of sp³-hybridized carbons (Fsp3) is 0.458. The molecule has 10 heteroatoms. The van der Waals surface area contributed by atoms with Gasteiger partial charge in [0.2, 0.25) is 0 Å². The van der Waals surface area contributed by atoms with E-state index in [1.54, 1.807) is 31.2 Å². The second kappa shape index (κ2) is 10.5. The second-order valence-corrected chi connectivity index (χ2v) is 8.65. The lowest BCUT2D eigenvalue weighted by molar-refractivity contribution is 0.0980. The van der Waals surface area contributed by atoms with Gasteiger partial charge in [0.15, 0.2) is 11.4 Å². The fourth-order valence-electron chi connectivity index (χ4n) is 3.81. The van der Waals surface area contributed by atoms with Crippen LogP contribution in [0.2, 0.25) is 0 Å². The van der Waals surface area contributed by atoms with E-state index < -0.39 is 17.2 Å². The van der Waals surface area contributed by atoms with Crippen LogP contribution in [0.4, 0.5) is 11.5 Å². The molecule has 0 aliphatic carbocycles. The summed E-state index contributed by atoms with van der Waals surface area (Å²) in [5, 5.41) is 5.09. The topological polar surface area (TPSA) is 136 Å². The van der Waals surface area contributed by atoms with Crippen LogP contribution in [0.1, 0.15) is 57.4 Å². The molecule has 0 saturated carbocycles. The number of aromatic amines is 1. The van der Waals surface area contributed by atoms with Gasteiger partial charge in [-0.15, -0.1) is 0 Å². The average Bonchev–Trinajstić information content (AvgIpc) is 2.80. The van der Waals surface area contributed by atoms with E-state index in [1.807, 2.05) is 20.8 Å². The van der Waals surface area contributed by atoms with Gasteiger partial charge >= 0.3 is 5.69 Å². The first-order valence-electron chi connectivity index (χ1n) is 11.7. The molecule has 1 amide bonds. The summed E-state index contributed by atoms with van der Waals surface area (Å²) < 4.78 is 2.51. The third-order valence-electron chi connectivity index (χ3n) is 5.76. The summed E-state index contributed by atoms with van der Waals surface area (Å²) in [5.74, 6) is -0.389. The van der Waals surface area contributed by atoms with Crippen molar-refractivity contribution in [1.82, 2.24) is 19.3 Å². The van der Waals surface area contributed by atoms with Crippen LogP contribution < -0.4 is 27.4 Å². The predicted molar refractivity (Wildman–Crippen MR) is 133 cm³/mol. The van der Waals surface area contributed by atoms with E-state index in [0.717, 1.165) is 6.42 Å². The molecule has 0 radical (unpaired) electrons. The molecule has 34 heavy (non-hydrogen) atoms. The Morgan fingerprint density at radius 2 is 1.82 bits per heavy atom. The molecule has 3 N–H and O–H groups in total. The van der Waals surface area contributed by atoms with Crippen molar-refractivity contribution in [3.63, 3.8) is 0 Å². The molecule has 0 bridgehead atoms. The van der Waals surface area contributed by atoms with Crippen LogP contribution in [-0.2, 0) is 13.1 Å². The number of nitrogen functional groups attached to an aromatic ring is 1. The third kappa shape index (κ3) is 4.80. The Kier molecular flexibility index (Phi) is 7.70. The van der Waals surface area contributed by atoms with Crippen molar-refractivity contribution in [2.75, 3.05) is 17.2 Å². The third-order valence-corrected chi connectivity index (χ3v) is 5.76. The van der Waals surface area contributed by atoms with Crippen molar-refractivity contribution in [3.8, 4) is 0 Å². The summed E-state index contributed by atoms with van der Waals surface area (Å²) in [4.78, 5) is 55.6. The molecule has 0 atom stereocenters. The van der Waals surface area contributed by atoms with E-state index in [0.29, 0.717) is 30.2 Å². The van der Waals surface area contributed by atoms with Crippen molar-refractivity contribution in [2.45, 2.75) is 60.0 Å². The van der Waals surface area contributed by atoms with Crippen molar-refractivity contribution in [2.24, 2.45) is 5.92 Å². The van der Waals surface area contributed by atoms with Crippen LogP contribution in [-0.4, -0.2) is 31.8 Å². The summed E-state index contributed by atoms with van der Waals surface area (Å²) >= 11 is 0. The van der Waals surface area contributed by atoms with E-state index in [1.165, 1.54) is 14.1 Å². The van der Waals surface area contributed by atoms with Crippen LogP contribution in [0.5, 0.6) is 0 Å². The maximum atomic E-state index is 13.9. The lowest BCUT2D eigenvalue weighted by atomic mass is 10.1. The molecule has 0 fully saturated rings. The highest BCUT2D eigenvalue weighted by molar-refractivity contribution is 6.13. The number of benzene rings is 1. The number of nitrogens with two attached hydrogens (primary N) is 1. The number of unbranched alkanes of at least 4 members (excludes halogenated alkanes) is 1. The number of nitrogens with zero attached hydrogens (tertiary/aromatic N) is 4. The SMILES string of the molecule is CCCCn1c(N)c(N(CCC(C)C)C(=O)c2nn(CC)c(=O)c3ccccc23)c(=O)[nH]c1=O. The summed E-state index contributed by atoms with van der Waals surface area (Å²) in [6.07, 6.45) is 2.10. The average molecular weight is 469 g/mol. The molecule has 2 aromatic heterocycles. The first-order chi connectivity index (χ1) is 16.2. The van der Waals surface area contributed by atoms with Crippen LogP contribution in [0.3, 0.4) is 0 Å². The summed E-state index contributed by atoms with van der Waals surface area (Å²) in [5.41, 5.74) is 4.64. The first kappa shape index (κ1) is 24.9. The van der Waals surface area contributed by atoms with Gasteiger partial charge in [0.25, 0.3) is 17.0 Å². The Balaban J connectivity index is 2.26. The molecule has 3 aromatic rings. The maximum absolute atomic E-state index is 13.9. The van der Waals surface area contributed by atoms with E-state index >= 15 is 0 Å². The van der Waals surface area contributed by atoms with Gasteiger partial charge in [-0.1, -0.05) is 45.4 Å². The zero-order valence-corrected chi connectivity index (χ0v) is 20.1. The molecule has 0 aliphatic heterocycles. The lowest BCUT2D eigenvalue weighted by Gasteiger charge is -2.25. The number of fused-ring (bicyclic) bond motifs is 1. The van der Waals surface area contributed by atoms with Crippen molar-refractivity contribution < 1.29 is 4.79 Å². The molecule has 0 aliphatic rings. The Hall–Kier alpha value is -3.69. The number of nitrogens with one attached hydrogen (secondary N) is 1. The van der Waals surface area contributed by atoms with E-state index in [-0.39, 0.29) is 41.8 Å². The lowest BCUT2D eigenvalue weighted by Crippen LogP contribution is -2.42. The largest absolute Gasteiger partial charge is 0.383 e. The van der Waals surface area contributed by atoms with E-state index in [9.17, 15) is 19.2 Å². The number of amides is 1. The standard InChI is InChI=1S/C24H32N6O4/c1-5-7-13-29-20(25)19(21(31)26-24(29)34)28(14-12-15(3)4)23(33)18-16-10-8-9-11-17(16)22(32)30(6-2)27-18/h8-11,15H,5-7,12-14,25H2,1-4H3,(H,26,31,34). The fourth-order valence-corrected chi connectivity index (χ4v) is 3.81. The van der Waals surface area contributed by atoms with Crippen LogP contribution in [0, 0.1) is 5.92 Å². The molecule has 0 spiro atoms. The number of carbonyl (C=O) groups is 1. The van der Waals surface area contributed by atoms with Gasteiger partial charge in [-0.2, -0.15) is 5.10 Å².